The molecule has 1 unspecified atom stereocenters. The molecule has 2 heteroatoms. The molecule has 4 aliphatic rings. The van der Waals surface area contributed by atoms with Crippen LogP contribution in [-0.4, -0.2) is 35.7 Å². The van der Waals surface area contributed by atoms with E-state index in [9.17, 15) is 5.11 Å². The van der Waals surface area contributed by atoms with E-state index in [4.69, 9.17) is 0 Å². The summed E-state index contributed by atoms with van der Waals surface area (Å²) in [6.45, 7) is 3.67. The van der Waals surface area contributed by atoms with Gasteiger partial charge in [0.25, 0.3) is 0 Å². The van der Waals surface area contributed by atoms with Crippen molar-refractivity contribution in [1.82, 2.24) is 4.90 Å². The van der Waals surface area contributed by atoms with Crippen molar-refractivity contribution in [3.8, 4) is 0 Å². The van der Waals surface area contributed by atoms with Crippen molar-refractivity contribution in [1.29, 1.82) is 0 Å². The molecule has 11 heavy (non-hydrogen) atoms. The summed E-state index contributed by atoms with van der Waals surface area (Å²) in [5.41, 5.74) is 0. The number of aliphatic hydroxyl groups is 1. The lowest BCUT2D eigenvalue weighted by molar-refractivity contribution is -0.110. The Labute approximate surface area is 67.2 Å². The van der Waals surface area contributed by atoms with Crippen LogP contribution in [0.2, 0.25) is 0 Å². The third kappa shape index (κ3) is 0.798. The van der Waals surface area contributed by atoms with Gasteiger partial charge in [0, 0.05) is 19.6 Å². The minimum absolute atomic E-state index is 0.0443. The quantitative estimate of drug-likeness (QED) is 0.541. The van der Waals surface area contributed by atoms with Crippen molar-refractivity contribution >= 4 is 0 Å². The summed E-state index contributed by atoms with van der Waals surface area (Å²) in [5, 5.41) is 9.80. The molecule has 1 aliphatic carbocycles. The molecular formula is C9H15NO. The van der Waals surface area contributed by atoms with Crippen LogP contribution in [0, 0.1) is 17.8 Å². The molecule has 1 N–H and O–H groups in total. The Hall–Kier alpha value is -0.0800. The van der Waals surface area contributed by atoms with E-state index >= 15 is 0 Å². The highest BCUT2D eigenvalue weighted by molar-refractivity contribution is 4.98. The van der Waals surface area contributed by atoms with E-state index < -0.39 is 0 Å². The lowest BCUT2D eigenvalue weighted by Gasteiger charge is -2.54. The first kappa shape index (κ1) is 6.44. The Balaban J connectivity index is 1.91. The molecule has 4 fully saturated rings. The van der Waals surface area contributed by atoms with Gasteiger partial charge in [-0.25, -0.2) is 0 Å². The SMILES string of the molecule is O[C@@H]1[C@@H]2C[C@H]3C[C@H]1CN(C3)C2. The first-order valence-electron chi connectivity index (χ1n) is 4.73. The summed E-state index contributed by atoms with van der Waals surface area (Å²) in [4.78, 5) is 2.54. The number of hydrogen-bond acceptors (Lipinski definition) is 2. The summed E-state index contributed by atoms with van der Waals surface area (Å²) >= 11 is 0. The monoisotopic (exact) mass is 153 g/mol. The van der Waals surface area contributed by atoms with Crippen molar-refractivity contribution in [2.75, 3.05) is 19.6 Å². The Morgan fingerprint density at radius 1 is 1.00 bits per heavy atom. The van der Waals surface area contributed by atoms with Crippen molar-refractivity contribution in [2.24, 2.45) is 17.8 Å². The zero-order valence-electron chi connectivity index (χ0n) is 6.74. The smallest absolute Gasteiger partial charge is 0.0621 e. The van der Waals surface area contributed by atoms with E-state index in [0.29, 0.717) is 11.8 Å². The minimum Gasteiger partial charge on any atom is -0.392 e. The van der Waals surface area contributed by atoms with Gasteiger partial charge in [0.1, 0.15) is 0 Å². The maximum atomic E-state index is 9.80. The first-order chi connectivity index (χ1) is 5.33. The molecule has 2 nitrogen and oxygen atoms in total. The van der Waals surface area contributed by atoms with Crippen LogP contribution >= 0.6 is 0 Å². The maximum absolute atomic E-state index is 9.80. The standard InChI is InChI=1S/C9H15NO/c11-9-7-1-6-2-8(9)5-10(3-6)4-7/h6-9,11H,1-5H2/t6-,7+,8-,9+. The predicted octanol–water partition coefficient (Wildman–Crippen LogP) is 0.319. The van der Waals surface area contributed by atoms with Crippen molar-refractivity contribution in [3.05, 3.63) is 0 Å². The van der Waals surface area contributed by atoms with Gasteiger partial charge in [0.15, 0.2) is 0 Å². The molecular weight excluding hydrogens is 138 g/mol. The van der Waals surface area contributed by atoms with Gasteiger partial charge < -0.3 is 10.0 Å². The van der Waals surface area contributed by atoms with Gasteiger partial charge >= 0.3 is 0 Å². The Bertz CT molecular complexity index is 152. The Kier molecular flexibility index (Phi) is 1.16. The van der Waals surface area contributed by atoms with Crippen molar-refractivity contribution < 1.29 is 5.11 Å². The van der Waals surface area contributed by atoms with Gasteiger partial charge in [0.05, 0.1) is 6.10 Å². The molecule has 5 atom stereocenters. The van der Waals surface area contributed by atoms with E-state index in [1.165, 1.54) is 32.5 Å². The number of aliphatic hydroxyl groups excluding tert-OH is 1. The molecule has 1 saturated carbocycles. The highest BCUT2D eigenvalue weighted by Gasteiger charge is 2.46. The fourth-order valence-corrected chi connectivity index (χ4v) is 3.38. The maximum Gasteiger partial charge on any atom is 0.0621 e. The van der Waals surface area contributed by atoms with Crippen LogP contribution in [-0.2, 0) is 0 Å². The average molecular weight is 153 g/mol. The molecule has 0 aromatic heterocycles. The van der Waals surface area contributed by atoms with Gasteiger partial charge in [-0.05, 0) is 30.6 Å². The third-order valence-electron chi connectivity index (χ3n) is 3.74. The second kappa shape index (κ2) is 1.99. The van der Waals surface area contributed by atoms with Crippen LogP contribution in [0.15, 0.2) is 0 Å². The summed E-state index contributed by atoms with van der Waals surface area (Å²) in [5.74, 6) is 2.18. The molecule has 3 aliphatic heterocycles. The molecule has 0 aromatic rings. The van der Waals surface area contributed by atoms with Crippen LogP contribution in [0.4, 0.5) is 0 Å². The molecule has 4 bridgehead atoms. The second-order valence-corrected chi connectivity index (χ2v) is 4.57. The lowest BCUT2D eigenvalue weighted by atomic mass is 9.66. The molecule has 4 rings (SSSR count). The zero-order chi connectivity index (χ0) is 7.42. The third-order valence-corrected chi connectivity index (χ3v) is 3.74. The number of hydrogen-bond donors (Lipinski definition) is 1. The van der Waals surface area contributed by atoms with Gasteiger partial charge in [-0.3, -0.25) is 0 Å². The molecule has 3 heterocycles. The fourth-order valence-electron chi connectivity index (χ4n) is 3.38. The highest BCUT2D eigenvalue weighted by atomic mass is 16.3. The first-order valence-corrected chi connectivity index (χ1v) is 4.73. The summed E-state index contributed by atoms with van der Waals surface area (Å²) in [6.07, 6.45) is 2.64. The lowest BCUT2D eigenvalue weighted by Crippen LogP contribution is -2.59. The van der Waals surface area contributed by atoms with Crippen molar-refractivity contribution in [3.63, 3.8) is 0 Å². The van der Waals surface area contributed by atoms with Gasteiger partial charge in [0.2, 0.25) is 0 Å². The van der Waals surface area contributed by atoms with E-state index in [-0.39, 0.29) is 6.10 Å². The largest absolute Gasteiger partial charge is 0.392 e. The van der Waals surface area contributed by atoms with Gasteiger partial charge in [-0.2, -0.15) is 0 Å². The minimum atomic E-state index is 0.0443. The Morgan fingerprint density at radius 2 is 1.64 bits per heavy atom. The highest BCUT2D eigenvalue weighted by Crippen LogP contribution is 2.43. The van der Waals surface area contributed by atoms with Gasteiger partial charge in [-0.15, -0.1) is 0 Å². The average Bonchev–Trinajstić information content (AvgIpc) is 1.98. The second-order valence-electron chi connectivity index (χ2n) is 4.57. The summed E-state index contributed by atoms with van der Waals surface area (Å²) < 4.78 is 0. The summed E-state index contributed by atoms with van der Waals surface area (Å²) in [7, 11) is 0. The molecule has 0 amide bonds. The topological polar surface area (TPSA) is 23.5 Å². The number of nitrogens with zero attached hydrogens (tertiary/aromatic N) is 1. The molecule has 62 valence electrons. The summed E-state index contributed by atoms with van der Waals surface area (Å²) in [6, 6.07) is 0. The molecule has 0 radical (unpaired) electrons. The normalized spacial score (nSPS) is 60.3. The van der Waals surface area contributed by atoms with Crippen molar-refractivity contribution in [2.45, 2.75) is 18.9 Å². The van der Waals surface area contributed by atoms with Crippen LogP contribution in [0.5, 0.6) is 0 Å². The molecule has 0 spiro atoms. The molecule has 3 saturated heterocycles. The van der Waals surface area contributed by atoms with Crippen LogP contribution < -0.4 is 0 Å². The van der Waals surface area contributed by atoms with Crippen LogP contribution in [0.25, 0.3) is 0 Å². The van der Waals surface area contributed by atoms with Gasteiger partial charge in [-0.1, -0.05) is 0 Å². The number of rotatable bonds is 0. The van der Waals surface area contributed by atoms with Crippen LogP contribution in [0.3, 0.4) is 0 Å². The van der Waals surface area contributed by atoms with Crippen LogP contribution in [0.1, 0.15) is 12.8 Å². The molecule has 0 aromatic carbocycles. The Morgan fingerprint density at radius 3 is 2.18 bits per heavy atom. The zero-order valence-corrected chi connectivity index (χ0v) is 6.74. The number of piperidine rings is 3. The predicted molar refractivity (Wildman–Crippen MR) is 42.2 cm³/mol. The van der Waals surface area contributed by atoms with E-state index in [2.05, 4.69) is 4.90 Å². The van der Waals surface area contributed by atoms with E-state index in [1.807, 2.05) is 0 Å². The van der Waals surface area contributed by atoms with E-state index in [0.717, 1.165) is 5.92 Å². The van der Waals surface area contributed by atoms with E-state index in [1.54, 1.807) is 0 Å². The fraction of sp³-hybridized carbons (Fsp3) is 1.00.